The van der Waals surface area contributed by atoms with Crippen molar-refractivity contribution in [3.05, 3.63) is 44.3 Å². The zero-order valence-corrected chi connectivity index (χ0v) is 16.2. The van der Waals surface area contributed by atoms with Gasteiger partial charge in [-0.15, -0.1) is 11.3 Å². The number of ether oxygens (including phenoxy) is 1. The van der Waals surface area contributed by atoms with Crippen LogP contribution >= 0.6 is 34.5 Å². The van der Waals surface area contributed by atoms with Crippen LogP contribution < -0.4 is 4.74 Å². The summed E-state index contributed by atoms with van der Waals surface area (Å²) in [5.41, 5.74) is 1.06. The number of aromatic nitrogens is 1. The first kappa shape index (κ1) is 18.5. The molecule has 2 heterocycles. The highest BCUT2D eigenvalue weighted by atomic mass is 35.5. The van der Waals surface area contributed by atoms with E-state index in [2.05, 4.69) is 15.3 Å². The summed E-state index contributed by atoms with van der Waals surface area (Å²) in [6, 6.07) is 4.96. The smallest absolute Gasteiger partial charge is 0.260 e. The Balaban J connectivity index is 1.45. The van der Waals surface area contributed by atoms with Gasteiger partial charge in [0.15, 0.2) is 6.61 Å². The lowest BCUT2D eigenvalue weighted by atomic mass is 10.3. The molecular formula is C17H19Cl2N3O2S. The minimum atomic E-state index is -0.0317. The Morgan fingerprint density at radius 3 is 2.68 bits per heavy atom. The van der Waals surface area contributed by atoms with Gasteiger partial charge in [-0.2, -0.15) is 0 Å². The van der Waals surface area contributed by atoms with Crippen LogP contribution in [0.2, 0.25) is 10.0 Å². The number of rotatable bonds is 5. The molecule has 1 aromatic carbocycles. The number of amides is 1. The third-order valence-electron chi connectivity index (χ3n) is 4.00. The van der Waals surface area contributed by atoms with Gasteiger partial charge in [0, 0.05) is 42.3 Å². The maximum Gasteiger partial charge on any atom is 0.260 e. The van der Waals surface area contributed by atoms with Crippen LogP contribution in [0.15, 0.2) is 23.6 Å². The van der Waals surface area contributed by atoms with Gasteiger partial charge in [-0.3, -0.25) is 9.69 Å². The summed E-state index contributed by atoms with van der Waals surface area (Å²) >= 11 is 13.6. The van der Waals surface area contributed by atoms with E-state index in [-0.39, 0.29) is 12.5 Å². The second kappa shape index (κ2) is 8.36. The van der Waals surface area contributed by atoms with E-state index in [1.54, 1.807) is 29.5 Å². The quantitative estimate of drug-likeness (QED) is 0.771. The first-order valence-electron chi connectivity index (χ1n) is 8.00. The van der Waals surface area contributed by atoms with Gasteiger partial charge in [0.1, 0.15) is 10.8 Å². The van der Waals surface area contributed by atoms with E-state index >= 15 is 0 Å². The topological polar surface area (TPSA) is 45.7 Å². The van der Waals surface area contributed by atoms with Crippen molar-refractivity contribution < 1.29 is 9.53 Å². The SMILES string of the molecule is Cc1csc(CN2CCN(C(=O)COc3ccc(Cl)cc3Cl)CC2)n1. The molecule has 0 spiro atoms. The number of thiazole rings is 1. The van der Waals surface area contributed by atoms with Crippen LogP contribution in [0.25, 0.3) is 0 Å². The molecule has 0 N–H and O–H groups in total. The highest BCUT2D eigenvalue weighted by molar-refractivity contribution is 7.09. The summed E-state index contributed by atoms with van der Waals surface area (Å²) in [6.07, 6.45) is 0. The van der Waals surface area contributed by atoms with Gasteiger partial charge in [-0.1, -0.05) is 23.2 Å². The number of aryl methyl sites for hydroxylation is 1. The van der Waals surface area contributed by atoms with Crippen molar-refractivity contribution in [1.29, 1.82) is 0 Å². The fourth-order valence-electron chi connectivity index (χ4n) is 2.65. The van der Waals surface area contributed by atoms with Crippen molar-refractivity contribution in [2.24, 2.45) is 0 Å². The fourth-order valence-corrected chi connectivity index (χ4v) is 3.92. The van der Waals surface area contributed by atoms with Crippen LogP contribution in [-0.2, 0) is 11.3 Å². The van der Waals surface area contributed by atoms with Crippen LogP contribution in [0.3, 0.4) is 0 Å². The Bertz CT molecular complexity index is 745. The van der Waals surface area contributed by atoms with Crippen LogP contribution in [-0.4, -0.2) is 53.5 Å². The predicted octanol–water partition coefficient (Wildman–Crippen LogP) is 3.48. The molecule has 2 aromatic rings. The maximum atomic E-state index is 12.3. The summed E-state index contributed by atoms with van der Waals surface area (Å²) < 4.78 is 5.53. The monoisotopic (exact) mass is 399 g/mol. The molecular weight excluding hydrogens is 381 g/mol. The molecule has 0 saturated carbocycles. The molecule has 0 radical (unpaired) electrons. The molecule has 3 rings (SSSR count). The van der Waals surface area contributed by atoms with Crippen molar-refractivity contribution >= 4 is 40.4 Å². The first-order chi connectivity index (χ1) is 12.0. The second-order valence-corrected chi connectivity index (χ2v) is 7.69. The van der Waals surface area contributed by atoms with Gasteiger partial charge >= 0.3 is 0 Å². The molecule has 5 nitrogen and oxygen atoms in total. The molecule has 1 fully saturated rings. The van der Waals surface area contributed by atoms with Gasteiger partial charge in [0.2, 0.25) is 0 Å². The Kier molecular flexibility index (Phi) is 6.17. The first-order valence-corrected chi connectivity index (χ1v) is 9.64. The number of hydrogen-bond donors (Lipinski definition) is 0. The van der Waals surface area contributed by atoms with E-state index in [4.69, 9.17) is 27.9 Å². The van der Waals surface area contributed by atoms with E-state index in [1.807, 2.05) is 11.8 Å². The average molecular weight is 400 g/mol. The number of benzene rings is 1. The van der Waals surface area contributed by atoms with Crippen molar-refractivity contribution in [3.63, 3.8) is 0 Å². The van der Waals surface area contributed by atoms with Crippen LogP contribution in [0.5, 0.6) is 5.75 Å². The fraction of sp³-hybridized carbons (Fsp3) is 0.412. The number of nitrogens with zero attached hydrogens (tertiary/aromatic N) is 3. The van der Waals surface area contributed by atoms with E-state index in [1.165, 1.54) is 0 Å². The standard InChI is InChI=1S/C17H19Cl2N3O2S/c1-12-11-25-16(20-12)9-21-4-6-22(7-5-21)17(23)10-24-15-3-2-13(18)8-14(15)19/h2-3,8,11H,4-7,9-10H2,1H3. The lowest BCUT2D eigenvalue weighted by Crippen LogP contribution is -2.49. The number of hydrogen-bond acceptors (Lipinski definition) is 5. The maximum absolute atomic E-state index is 12.3. The predicted molar refractivity (Wildman–Crippen MR) is 101 cm³/mol. The molecule has 0 unspecified atom stereocenters. The molecule has 0 bridgehead atoms. The van der Waals surface area contributed by atoms with Gasteiger partial charge in [0.25, 0.3) is 5.91 Å². The molecule has 1 aromatic heterocycles. The Labute approximate surface area is 161 Å². The van der Waals surface area contributed by atoms with Gasteiger partial charge in [0.05, 0.1) is 11.6 Å². The number of piperazine rings is 1. The van der Waals surface area contributed by atoms with Crippen molar-refractivity contribution in [2.45, 2.75) is 13.5 Å². The molecule has 1 saturated heterocycles. The van der Waals surface area contributed by atoms with Crippen molar-refractivity contribution in [2.75, 3.05) is 32.8 Å². The minimum absolute atomic E-state index is 0.0208. The van der Waals surface area contributed by atoms with Gasteiger partial charge < -0.3 is 9.64 Å². The normalized spacial score (nSPS) is 15.4. The Morgan fingerprint density at radius 2 is 2.04 bits per heavy atom. The molecule has 1 aliphatic rings. The summed E-state index contributed by atoms with van der Waals surface area (Å²) in [5.74, 6) is 0.438. The molecule has 134 valence electrons. The highest BCUT2D eigenvalue weighted by Crippen LogP contribution is 2.27. The Hall–Kier alpha value is -1.34. The lowest BCUT2D eigenvalue weighted by Gasteiger charge is -2.34. The van der Waals surface area contributed by atoms with Crippen LogP contribution in [0.1, 0.15) is 10.7 Å². The average Bonchev–Trinajstić information content (AvgIpc) is 2.99. The van der Waals surface area contributed by atoms with Gasteiger partial charge in [-0.25, -0.2) is 4.98 Å². The van der Waals surface area contributed by atoms with E-state index in [9.17, 15) is 4.79 Å². The summed E-state index contributed by atoms with van der Waals surface area (Å²) in [7, 11) is 0. The van der Waals surface area contributed by atoms with Crippen molar-refractivity contribution in [3.8, 4) is 5.75 Å². The highest BCUT2D eigenvalue weighted by Gasteiger charge is 2.22. The summed E-state index contributed by atoms with van der Waals surface area (Å²) in [4.78, 5) is 21.0. The minimum Gasteiger partial charge on any atom is -0.482 e. The molecule has 1 amide bonds. The summed E-state index contributed by atoms with van der Waals surface area (Å²) in [5, 5.41) is 4.13. The third-order valence-corrected chi connectivity index (χ3v) is 5.48. The largest absolute Gasteiger partial charge is 0.482 e. The zero-order chi connectivity index (χ0) is 17.8. The van der Waals surface area contributed by atoms with Gasteiger partial charge in [-0.05, 0) is 25.1 Å². The zero-order valence-electron chi connectivity index (χ0n) is 13.9. The molecule has 25 heavy (non-hydrogen) atoms. The molecule has 1 aliphatic heterocycles. The number of carbonyl (C=O) groups is 1. The lowest BCUT2D eigenvalue weighted by molar-refractivity contribution is -0.135. The number of halogens is 2. The van der Waals surface area contributed by atoms with E-state index < -0.39 is 0 Å². The van der Waals surface area contributed by atoms with Crippen LogP contribution in [0.4, 0.5) is 0 Å². The number of carbonyl (C=O) groups excluding carboxylic acids is 1. The molecule has 8 heteroatoms. The third kappa shape index (κ3) is 5.07. The van der Waals surface area contributed by atoms with E-state index in [0.29, 0.717) is 28.9 Å². The van der Waals surface area contributed by atoms with E-state index in [0.717, 1.165) is 30.3 Å². The summed E-state index contributed by atoms with van der Waals surface area (Å²) in [6.45, 7) is 5.90. The van der Waals surface area contributed by atoms with Crippen molar-refractivity contribution in [1.82, 2.24) is 14.8 Å². The molecule has 0 aliphatic carbocycles. The Morgan fingerprint density at radius 1 is 1.28 bits per heavy atom. The van der Waals surface area contributed by atoms with Crippen LogP contribution in [0, 0.1) is 6.92 Å². The second-order valence-electron chi connectivity index (χ2n) is 5.90. The molecule has 0 atom stereocenters.